The third-order valence-electron chi connectivity index (χ3n) is 2.76. The lowest BCUT2D eigenvalue weighted by Gasteiger charge is -2.13. The van der Waals surface area contributed by atoms with Gasteiger partial charge in [-0.1, -0.05) is 13.8 Å². The number of carbonyl (C=O) groups excluding carboxylic acids is 1. The normalized spacial score (nSPS) is 9.12. The maximum Gasteiger partial charge on any atom is 0.188 e. The van der Waals surface area contributed by atoms with Crippen molar-refractivity contribution in [2.45, 2.75) is 40.9 Å². The highest BCUT2D eigenvalue weighted by molar-refractivity contribution is 5.83. The summed E-state index contributed by atoms with van der Waals surface area (Å²) in [6.07, 6.45) is 1.60. The van der Waals surface area contributed by atoms with Crippen LogP contribution in [0.5, 0.6) is 5.75 Å². The second-order valence-corrected chi connectivity index (χ2v) is 4.73. The van der Waals surface area contributed by atoms with Gasteiger partial charge in [0.15, 0.2) is 5.96 Å². The SMILES string of the molecule is CC.CC(=O)CN(C)C(=N)N.COCc1cnc(C)c(O)c1CO. The largest absolute Gasteiger partial charge is 0.506 e. The monoisotopic (exact) mass is 342 g/mol. The number of ether oxygens (including phenoxy) is 1. The van der Waals surface area contributed by atoms with E-state index in [9.17, 15) is 9.90 Å². The number of carbonyl (C=O) groups is 1. The Morgan fingerprint density at radius 3 is 2.33 bits per heavy atom. The van der Waals surface area contributed by atoms with E-state index in [-0.39, 0.29) is 30.6 Å². The lowest BCUT2D eigenvalue weighted by molar-refractivity contribution is -0.117. The van der Waals surface area contributed by atoms with E-state index >= 15 is 0 Å². The van der Waals surface area contributed by atoms with Gasteiger partial charge in [0.1, 0.15) is 11.5 Å². The van der Waals surface area contributed by atoms with E-state index < -0.39 is 0 Å². The summed E-state index contributed by atoms with van der Waals surface area (Å²) in [7, 11) is 3.15. The van der Waals surface area contributed by atoms with Crippen molar-refractivity contribution in [1.29, 1.82) is 5.41 Å². The number of hydrogen-bond donors (Lipinski definition) is 4. The highest BCUT2D eigenvalue weighted by Gasteiger charge is 2.10. The molecule has 0 aliphatic heterocycles. The molecule has 0 bridgehead atoms. The first-order valence-corrected chi connectivity index (χ1v) is 7.55. The van der Waals surface area contributed by atoms with Crippen LogP contribution in [0.1, 0.15) is 37.6 Å². The van der Waals surface area contributed by atoms with Gasteiger partial charge in [0.05, 0.1) is 25.5 Å². The molecule has 0 saturated heterocycles. The fourth-order valence-electron chi connectivity index (χ4n) is 1.56. The molecule has 0 saturated carbocycles. The number of guanidine groups is 1. The molecule has 1 aromatic rings. The summed E-state index contributed by atoms with van der Waals surface area (Å²) in [6.45, 7) is 7.50. The summed E-state index contributed by atoms with van der Waals surface area (Å²) < 4.78 is 4.90. The molecule has 5 N–H and O–H groups in total. The van der Waals surface area contributed by atoms with Crippen molar-refractivity contribution >= 4 is 11.7 Å². The summed E-state index contributed by atoms with van der Waals surface area (Å²) in [6, 6.07) is 0. The summed E-state index contributed by atoms with van der Waals surface area (Å²) in [4.78, 5) is 15.7. The predicted octanol–water partition coefficient (Wildman–Crippen LogP) is 1.16. The van der Waals surface area contributed by atoms with Gasteiger partial charge in [-0.05, 0) is 13.8 Å². The zero-order chi connectivity index (χ0) is 19.3. The number of nitrogens with two attached hydrogens (primary N) is 1. The fourth-order valence-corrected chi connectivity index (χ4v) is 1.56. The molecular formula is C16H30N4O4. The van der Waals surface area contributed by atoms with Crippen molar-refractivity contribution in [1.82, 2.24) is 9.88 Å². The third-order valence-corrected chi connectivity index (χ3v) is 2.76. The van der Waals surface area contributed by atoms with E-state index in [4.69, 9.17) is 21.0 Å². The van der Waals surface area contributed by atoms with Crippen LogP contribution in [0.4, 0.5) is 0 Å². The molecule has 0 amide bonds. The Labute approximate surface area is 143 Å². The van der Waals surface area contributed by atoms with E-state index in [1.54, 1.807) is 27.3 Å². The number of ketones is 1. The van der Waals surface area contributed by atoms with Crippen LogP contribution in [-0.4, -0.2) is 52.5 Å². The highest BCUT2D eigenvalue weighted by Crippen LogP contribution is 2.23. The van der Waals surface area contributed by atoms with Gasteiger partial charge in [-0.3, -0.25) is 15.2 Å². The van der Waals surface area contributed by atoms with Crippen molar-refractivity contribution in [3.8, 4) is 5.75 Å². The molecule has 1 aromatic heterocycles. The maximum absolute atomic E-state index is 10.4. The number of aliphatic hydroxyl groups is 1. The van der Waals surface area contributed by atoms with Crippen LogP contribution < -0.4 is 5.73 Å². The van der Waals surface area contributed by atoms with Crippen LogP contribution in [0.3, 0.4) is 0 Å². The first kappa shape index (κ1) is 24.1. The van der Waals surface area contributed by atoms with Crippen LogP contribution in [0.15, 0.2) is 6.20 Å². The van der Waals surface area contributed by atoms with Crippen molar-refractivity contribution in [2.24, 2.45) is 5.73 Å². The Hall–Kier alpha value is -2.19. The minimum Gasteiger partial charge on any atom is -0.506 e. The van der Waals surface area contributed by atoms with Crippen LogP contribution in [0.25, 0.3) is 0 Å². The number of methoxy groups -OCH3 is 1. The molecule has 8 heteroatoms. The molecule has 0 aliphatic rings. The Morgan fingerprint density at radius 2 is 2.00 bits per heavy atom. The Kier molecular flexibility index (Phi) is 13.3. The van der Waals surface area contributed by atoms with Crippen molar-refractivity contribution in [3.63, 3.8) is 0 Å². The first-order chi connectivity index (χ1) is 11.2. The summed E-state index contributed by atoms with van der Waals surface area (Å²) in [5.41, 5.74) is 6.77. The zero-order valence-corrected chi connectivity index (χ0v) is 15.4. The standard InChI is InChI=1S/C9H13NO3.C5H11N3O.C2H6/c1-6-9(12)8(4-11)7(3-10-6)5-13-2;1-4(9)3-8(2)5(6)7;1-2/h3,11-12H,4-5H2,1-2H3;3H2,1-2H3,(H3,6,7);1-2H3. The van der Waals surface area contributed by atoms with Crippen LogP contribution in [0.2, 0.25) is 0 Å². The topological polar surface area (TPSA) is 133 Å². The molecule has 0 unspecified atom stereocenters. The molecule has 0 aliphatic carbocycles. The number of hydrogen-bond acceptors (Lipinski definition) is 6. The number of Topliss-reactive ketones (excluding diaryl/α,β-unsaturated/α-hetero) is 1. The lowest BCUT2D eigenvalue weighted by atomic mass is 10.1. The second-order valence-electron chi connectivity index (χ2n) is 4.73. The van der Waals surface area contributed by atoms with E-state index in [1.165, 1.54) is 11.8 Å². The van der Waals surface area contributed by atoms with Crippen LogP contribution in [-0.2, 0) is 22.7 Å². The molecule has 1 heterocycles. The van der Waals surface area contributed by atoms with Gasteiger partial charge < -0.3 is 25.6 Å². The Bertz CT molecular complexity index is 521. The van der Waals surface area contributed by atoms with Gasteiger partial charge in [-0.2, -0.15) is 0 Å². The minimum absolute atomic E-state index is 0.00713. The second kappa shape index (κ2) is 13.3. The number of aromatic nitrogens is 1. The highest BCUT2D eigenvalue weighted by atomic mass is 16.5. The molecule has 24 heavy (non-hydrogen) atoms. The van der Waals surface area contributed by atoms with Crippen LogP contribution in [0, 0.1) is 12.3 Å². The van der Waals surface area contributed by atoms with Crippen LogP contribution >= 0.6 is 0 Å². The maximum atomic E-state index is 10.4. The van der Waals surface area contributed by atoms with Gasteiger partial charge in [0.2, 0.25) is 0 Å². The molecule has 8 nitrogen and oxygen atoms in total. The molecule has 0 fully saturated rings. The van der Waals surface area contributed by atoms with Crippen molar-refractivity contribution in [2.75, 3.05) is 20.7 Å². The van der Waals surface area contributed by atoms with Gasteiger partial charge in [-0.15, -0.1) is 0 Å². The summed E-state index contributed by atoms with van der Waals surface area (Å²) in [5.74, 6) is -0.0186. The number of nitrogens with zero attached hydrogens (tertiary/aromatic N) is 2. The smallest absolute Gasteiger partial charge is 0.188 e. The van der Waals surface area contributed by atoms with Crippen molar-refractivity contribution in [3.05, 3.63) is 23.0 Å². The minimum atomic E-state index is -0.201. The molecule has 0 spiro atoms. The van der Waals surface area contributed by atoms with Gasteiger partial charge in [-0.25, -0.2) is 0 Å². The molecule has 0 radical (unpaired) electrons. The number of pyridine rings is 1. The molecule has 0 aromatic carbocycles. The zero-order valence-electron chi connectivity index (χ0n) is 15.4. The quantitative estimate of drug-likeness (QED) is 0.466. The van der Waals surface area contributed by atoms with E-state index in [2.05, 4.69) is 4.98 Å². The van der Waals surface area contributed by atoms with E-state index in [0.29, 0.717) is 23.4 Å². The average Bonchev–Trinajstić information content (AvgIpc) is 2.53. The van der Waals surface area contributed by atoms with Gasteiger partial charge in [0.25, 0.3) is 0 Å². The average molecular weight is 342 g/mol. The number of aromatic hydroxyl groups is 1. The number of aryl methyl sites for hydroxylation is 1. The Balaban J connectivity index is 0. The lowest BCUT2D eigenvalue weighted by Crippen LogP contribution is -2.35. The fraction of sp³-hybridized carbons (Fsp3) is 0.562. The number of rotatable bonds is 5. The molecular weight excluding hydrogens is 312 g/mol. The van der Waals surface area contributed by atoms with E-state index in [0.717, 1.165) is 0 Å². The number of nitrogens with one attached hydrogen (secondary N) is 1. The summed E-state index contributed by atoms with van der Waals surface area (Å²) in [5, 5.41) is 25.4. The molecule has 1 rings (SSSR count). The van der Waals surface area contributed by atoms with Gasteiger partial charge in [0, 0.05) is 31.5 Å². The molecule has 0 atom stereocenters. The number of aliphatic hydroxyl groups excluding tert-OH is 1. The predicted molar refractivity (Wildman–Crippen MR) is 93.8 cm³/mol. The third kappa shape index (κ3) is 9.06. The first-order valence-electron chi connectivity index (χ1n) is 7.55. The van der Waals surface area contributed by atoms with Gasteiger partial charge >= 0.3 is 0 Å². The Morgan fingerprint density at radius 1 is 1.46 bits per heavy atom. The van der Waals surface area contributed by atoms with E-state index in [1.807, 2.05) is 13.8 Å². The molecule has 138 valence electrons. The summed E-state index contributed by atoms with van der Waals surface area (Å²) >= 11 is 0. The number of likely N-dealkylation sites (N-methyl/N-ethyl adjacent to an activating group) is 1. The van der Waals surface area contributed by atoms with Crippen molar-refractivity contribution < 1.29 is 19.7 Å².